The SMILES string of the molecule is COc1ccc(Cl)cc1NC(=O)C(C)OC(=O)c1cc(S(N)(=O)=O)ccc1OC. The number of nitrogens with one attached hydrogen (secondary N) is 1. The van der Waals surface area contributed by atoms with E-state index in [1.165, 1.54) is 39.3 Å². The van der Waals surface area contributed by atoms with Crippen molar-refractivity contribution in [1.82, 2.24) is 0 Å². The van der Waals surface area contributed by atoms with E-state index in [2.05, 4.69) is 5.32 Å². The number of ether oxygens (including phenoxy) is 3. The molecule has 156 valence electrons. The highest BCUT2D eigenvalue weighted by molar-refractivity contribution is 7.89. The number of anilines is 1. The molecule has 0 bridgehead atoms. The van der Waals surface area contributed by atoms with Gasteiger partial charge in [0.1, 0.15) is 17.1 Å². The molecule has 3 N–H and O–H groups in total. The van der Waals surface area contributed by atoms with Crippen LogP contribution in [0.3, 0.4) is 0 Å². The molecular weight excluding hydrogens is 424 g/mol. The molecule has 2 aromatic carbocycles. The number of hydrogen-bond acceptors (Lipinski definition) is 7. The average Bonchev–Trinajstić information content (AvgIpc) is 2.66. The number of methoxy groups -OCH3 is 2. The van der Waals surface area contributed by atoms with Gasteiger partial charge in [-0.15, -0.1) is 0 Å². The number of carbonyl (C=O) groups is 2. The molecule has 0 aliphatic carbocycles. The zero-order chi connectivity index (χ0) is 21.8. The Morgan fingerprint density at radius 1 is 1.07 bits per heavy atom. The van der Waals surface area contributed by atoms with Gasteiger partial charge in [0, 0.05) is 5.02 Å². The first kappa shape index (κ1) is 22.5. The van der Waals surface area contributed by atoms with Crippen LogP contribution in [-0.2, 0) is 19.6 Å². The van der Waals surface area contributed by atoms with Crippen LogP contribution < -0.4 is 19.9 Å². The highest BCUT2D eigenvalue weighted by Gasteiger charge is 2.24. The van der Waals surface area contributed by atoms with Crippen molar-refractivity contribution in [2.45, 2.75) is 17.9 Å². The number of amides is 1. The number of esters is 1. The van der Waals surface area contributed by atoms with Gasteiger partial charge in [0.15, 0.2) is 6.10 Å². The quantitative estimate of drug-likeness (QED) is 0.627. The van der Waals surface area contributed by atoms with Gasteiger partial charge in [-0.1, -0.05) is 11.6 Å². The smallest absolute Gasteiger partial charge is 0.342 e. The molecular formula is C18H19ClN2O7S. The monoisotopic (exact) mass is 442 g/mol. The Morgan fingerprint density at radius 2 is 1.69 bits per heavy atom. The molecule has 0 spiro atoms. The molecule has 0 saturated heterocycles. The van der Waals surface area contributed by atoms with Crippen LogP contribution in [0.4, 0.5) is 5.69 Å². The highest BCUT2D eigenvalue weighted by Crippen LogP contribution is 2.28. The van der Waals surface area contributed by atoms with Crippen LogP contribution in [0.2, 0.25) is 5.02 Å². The van der Waals surface area contributed by atoms with Crippen LogP contribution in [0.1, 0.15) is 17.3 Å². The number of halogens is 1. The van der Waals surface area contributed by atoms with Crippen molar-refractivity contribution in [3.63, 3.8) is 0 Å². The number of benzene rings is 2. The predicted octanol–water partition coefficient (Wildman–Crippen LogP) is 2.19. The second-order valence-electron chi connectivity index (χ2n) is 5.79. The molecule has 0 aromatic heterocycles. The third-order valence-electron chi connectivity index (χ3n) is 3.79. The summed E-state index contributed by atoms with van der Waals surface area (Å²) in [5.74, 6) is -1.19. The van der Waals surface area contributed by atoms with Gasteiger partial charge in [-0.25, -0.2) is 18.4 Å². The third-order valence-corrected chi connectivity index (χ3v) is 4.94. The molecule has 0 saturated carbocycles. The van der Waals surface area contributed by atoms with E-state index in [1.807, 2.05) is 0 Å². The highest BCUT2D eigenvalue weighted by atomic mass is 35.5. The Bertz CT molecular complexity index is 1040. The van der Waals surface area contributed by atoms with E-state index in [-0.39, 0.29) is 16.2 Å². The van der Waals surface area contributed by atoms with Crippen LogP contribution in [0.25, 0.3) is 0 Å². The zero-order valence-electron chi connectivity index (χ0n) is 15.8. The summed E-state index contributed by atoms with van der Waals surface area (Å²) >= 11 is 5.92. The minimum absolute atomic E-state index is 0.0616. The number of nitrogens with two attached hydrogens (primary N) is 1. The fourth-order valence-electron chi connectivity index (χ4n) is 2.31. The Kier molecular flexibility index (Phi) is 7.07. The molecule has 0 aliphatic rings. The van der Waals surface area contributed by atoms with E-state index in [0.717, 1.165) is 6.07 Å². The molecule has 0 fully saturated rings. The van der Waals surface area contributed by atoms with Gasteiger partial charge >= 0.3 is 5.97 Å². The van der Waals surface area contributed by atoms with Gasteiger partial charge in [-0.2, -0.15) is 0 Å². The summed E-state index contributed by atoms with van der Waals surface area (Å²) in [5.41, 5.74) is 0.0979. The van der Waals surface area contributed by atoms with Crippen LogP contribution in [-0.4, -0.2) is 40.6 Å². The lowest BCUT2D eigenvalue weighted by Crippen LogP contribution is -2.30. The van der Waals surface area contributed by atoms with Crippen molar-refractivity contribution >= 4 is 39.2 Å². The van der Waals surface area contributed by atoms with Crippen molar-refractivity contribution in [3.05, 3.63) is 47.0 Å². The number of primary sulfonamides is 1. The maximum atomic E-state index is 12.5. The van der Waals surface area contributed by atoms with Crippen LogP contribution in [0.5, 0.6) is 11.5 Å². The second-order valence-corrected chi connectivity index (χ2v) is 7.79. The summed E-state index contributed by atoms with van der Waals surface area (Å²) in [6, 6.07) is 8.10. The van der Waals surface area contributed by atoms with E-state index in [1.54, 1.807) is 12.1 Å². The Labute approximate surface area is 172 Å². The maximum absolute atomic E-state index is 12.5. The minimum atomic E-state index is -4.05. The van der Waals surface area contributed by atoms with E-state index in [9.17, 15) is 18.0 Å². The molecule has 2 aromatic rings. The molecule has 9 nitrogen and oxygen atoms in total. The molecule has 0 heterocycles. The largest absolute Gasteiger partial charge is 0.496 e. The van der Waals surface area contributed by atoms with Gasteiger partial charge in [0.2, 0.25) is 10.0 Å². The Morgan fingerprint density at radius 3 is 2.28 bits per heavy atom. The fourth-order valence-corrected chi connectivity index (χ4v) is 3.03. The summed E-state index contributed by atoms with van der Waals surface area (Å²) < 4.78 is 38.4. The van der Waals surface area contributed by atoms with E-state index < -0.39 is 28.0 Å². The summed E-state index contributed by atoms with van der Waals surface area (Å²) in [7, 11) is -1.33. The molecule has 1 amide bonds. The van der Waals surface area contributed by atoms with Gasteiger partial charge in [0.25, 0.3) is 5.91 Å². The van der Waals surface area contributed by atoms with Crippen molar-refractivity contribution < 1.29 is 32.2 Å². The topological polar surface area (TPSA) is 134 Å². The summed E-state index contributed by atoms with van der Waals surface area (Å²) in [4.78, 5) is 24.6. The normalized spacial score (nSPS) is 12.0. The van der Waals surface area contributed by atoms with Crippen molar-refractivity contribution in [2.24, 2.45) is 5.14 Å². The Balaban J connectivity index is 2.20. The average molecular weight is 443 g/mol. The predicted molar refractivity (Wildman–Crippen MR) is 106 cm³/mol. The number of carbonyl (C=O) groups excluding carboxylic acids is 2. The summed E-state index contributed by atoms with van der Waals surface area (Å²) in [6.07, 6.45) is -1.23. The van der Waals surface area contributed by atoms with Gasteiger partial charge in [-0.3, -0.25) is 4.79 Å². The zero-order valence-corrected chi connectivity index (χ0v) is 17.3. The first-order valence-electron chi connectivity index (χ1n) is 8.13. The van der Waals surface area contributed by atoms with Gasteiger partial charge in [0.05, 0.1) is 24.8 Å². The summed E-state index contributed by atoms with van der Waals surface area (Å²) in [6.45, 7) is 1.35. The second kappa shape index (κ2) is 9.12. The van der Waals surface area contributed by atoms with Crippen molar-refractivity contribution in [1.29, 1.82) is 0 Å². The maximum Gasteiger partial charge on any atom is 0.342 e. The third kappa shape index (κ3) is 5.59. The lowest BCUT2D eigenvalue weighted by atomic mass is 10.2. The number of rotatable bonds is 7. The fraction of sp³-hybridized carbons (Fsp3) is 0.222. The van der Waals surface area contributed by atoms with Crippen LogP contribution in [0.15, 0.2) is 41.3 Å². The van der Waals surface area contributed by atoms with E-state index >= 15 is 0 Å². The molecule has 1 atom stereocenters. The number of sulfonamides is 1. The number of hydrogen-bond donors (Lipinski definition) is 2. The van der Waals surface area contributed by atoms with Gasteiger partial charge in [-0.05, 0) is 43.3 Å². The Hall–Kier alpha value is -2.82. The minimum Gasteiger partial charge on any atom is -0.496 e. The molecule has 29 heavy (non-hydrogen) atoms. The first-order valence-corrected chi connectivity index (χ1v) is 10.1. The molecule has 1 unspecified atom stereocenters. The molecule has 2 rings (SSSR count). The van der Waals surface area contributed by atoms with Crippen LogP contribution >= 0.6 is 11.6 Å². The lowest BCUT2D eigenvalue weighted by molar-refractivity contribution is -0.123. The standard InChI is InChI=1S/C18H19ClN2O7S/c1-10(17(22)21-14-8-11(19)4-6-16(14)27-3)28-18(23)13-9-12(29(20,24)25)5-7-15(13)26-2/h4-10H,1-3H3,(H,21,22)(H2,20,24,25). The molecule has 0 aliphatic heterocycles. The van der Waals surface area contributed by atoms with Crippen molar-refractivity contribution in [2.75, 3.05) is 19.5 Å². The van der Waals surface area contributed by atoms with E-state index in [0.29, 0.717) is 16.5 Å². The lowest BCUT2D eigenvalue weighted by Gasteiger charge is -2.16. The summed E-state index contributed by atoms with van der Waals surface area (Å²) in [5, 5.41) is 8.01. The van der Waals surface area contributed by atoms with E-state index in [4.69, 9.17) is 31.0 Å². The van der Waals surface area contributed by atoms with Crippen LogP contribution in [0, 0.1) is 0 Å². The van der Waals surface area contributed by atoms with Crippen molar-refractivity contribution in [3.8, 4) is 11.5 Å². The van der Waals surface area contributed by atoms with Gasteiger partial charge < -0.3 is 19.5 Å². The molecule has 11 heteroatoms. The molecule has 0 radical (unpaired) electrons. The first-order chi connectivity index (χ1) is 13.6.